The zero-order valence-electron chi connectivity index (χ0n) is 9.17. The minimum absolute atomic E-state index is 1.05. The fourth-order valence-corrected chi connectivity index (χ4v) is 2.46. The van der Waals surface area contributed by atoms with E-state index in [1.54, 1.807) is 0 Å². The van der Waals surface area contributed by atoms with Crippen molar-refractivity contribution in [3.05, 3.63) is 34.6 Å². The summed E-state index contributed by atoms with van der Waals surface area (Å²) >= 11 is 0. The largest absolute Gasteiger partial charge is 0.251 e. The highest BCUT2D eigenvalue weighted by molar-refractivity contribution is 5.79. The Kier molecular flexibility index (Phi) is 1.78. The van der Waals surface area contributed by atoms with Gasteiger partial charge in [-0.15, -0.1) is 0 Å². The van der Waals surface area contributed by atoms with Crippen LogP contribution in [0.3, 0.4) is 0 Å². The van der Waals surface area contributed by atoms with Gasteiger partial charge in [0.2, 0.25) is 0 Å². The lowest BCUT2D eigenvalue weighted by Crippen LogP contribution is -1.97. The lowest BCUT2D eigenvalue weighted by Gasteiger charge is -2.07. The molecule has 0 N–H and O–H groups in total. The second kappa shape index (κ2) is 3.02. The van der Waals surface area contributed by atoms with E-state index in [0.717, 1.165) is 23.1 Å². The van der Waals surface area contributed by atoms with Crippen molar-refractivity contribution < 1.29 is 0 Å². The Morgan fingerprint density at radius 2 is 1.93 bits per heavy atom. The quantitative estimate of drug-likeness (QED) is 0.650. The predicted molar refractivity (Wildman–Crippen MR) is 61.0 cm³/mol. The highest BCUT2D eigenvalue weighted by Gasteiger charge is 2.17. The van der Waals surface area contributed by atoms with E-state index in [4.69, 9.17) is 4.98 Å². The topological polar surface area (TPSA) is 25.8 Å². The number of hydrogen-bond acceptors (Lipinski definition) is 2. The summed E-state index contributed by atoms with van der Waals surface area (Å²) in [7, 11) is 0. The van der Waals surface area contributed by atoms with Crippen LogP contribution in [0.1, 0.15) is 28.9 Å². The van der Waals surface area contributed by atoms with E-state index in [0.29, 0.717) is 0 Å². The van der Waals surface area contributed by atoms with Gasteiger partial charge in [0.15, 0.2) is 0 Å². The molecular weight excluding hydrogens is 184 g/mol. The van der Waals surface area contributed by atoms with Crippen molar-refractivity contribution in [3.8, 4) is 0 Å². The molecule has 2 aromatic heterocycles. The minimum Gasteiger partial charge on any atom is -0.251 e. The maximum atomic E-state index is 4.70. The summed E-state index contributed by atoms with van der Waals surface area (Å²) in [6.45, 7) is 4.21. The number of fused-ring (bicyclic) bond motifs is 2. The van der Waals surface area contributed by atoms with Crippen molar-refractivity contribution in [3.63, 3.8) is 0 Å². The van der Waals surface area contributed by atoms with Crippen molar-refractivity contribution in [2.75, 3.05) is 0 Å². The van der Waals surface area contributed by atoms with E-state index in [2.05, 4.69) is 18.0 Å². The fraction of sp³-hybridized carbons (Fsp3) is 0.385. The zero-order chi connectivity index (χ0) is 10.4. The van der Waals surface area contributed by atoms with Gasteiger partial charge in [-0.3, -0.25) is 9.97 Å². The molecule has 0 aliphatic heterocycles. The monoisotopic (exact) mass is 198 g/mol. The number of aryl methyl sites for hydroxylation is 3. The Labute approximate surface area is 89.4 Å². The predicted octanol–water partition coefficient (Wildman–Crippen LogP) is 2.74. The number of hydrogen-bond donors (Lipinski definition) is 0. The number of aromatic nitrogens is 2. The van der Waals surface area contributed by atoms with Gasteiger partial charge in [-0.05, 0) is 56.4 Å². The molecule has 15 heavy (non-hydrogen) atoms. The molecule has 0 saturated heterocycles. The van der Waals surface area contributed by atoms with E-state index in [1.165, 1.54) is 29.7 Å². The third kappa shape index (κ3) is 1.24. The summed E-state index contributed by atoms with van der Waals surface area (Å²) in [6.07, 6.45) is 3.57. The molecule has 2 heterocycles. The maximum absolute atomic E-state index is 4.70. The van der Waals surface area contributed by atoms with Crippen molar-refractivity contribution in [1.29, 1.82) is 0 Å². The summed E-state index contributed by atoms with van der Waals surface area (Å²) in [5, 5.41) is 0. The first-order valence-corrected chi connectivity index (χ1v) is 5.51. The summed E-state index contributed by atoms with van der Waals surface area (Å²) in [5.41, 5.74) is 7.31. The molecule has 1 aliphatic rings. The summed E-state index contributed by atoms with van der Waals surface area (Å²) in [4.78, 5) is 9.29. The first-order valence-electron chi connectivity index (χ1n) is 5.51. The van der Waals surface area contributed by atoms with Gasteiger partial charge in [0, 0.05) is 11.4 Å². The third-order valence-electron chi connectivity index (χ3n) is 3.27. The van der Waals surface area contributed by atoms with Crippen LogP contribution in [0.15, 0.2) is 12.1 Å². The van der Waals surface area contributed by atoms with Gasteiger partial charge in [0.05, 0.1) is 11.0 Å². The third-order valence-corrected chi connectivity index (χ3v) is 3.27. The Morgan fingerprint density at radius 3 is 2.80 bits per heavy atom. The molecular formula is C13H14N2. The Morgan fingerprint density at radius 1 is 1.07 bits per heavy atom. The van der Waals surface area contributed by atoms with Gasteiger partial charge in [-0.1, -0.05) is 0 Å². The van der Waals surface area contributed by atoms with Gasteiger partial charge >= 0.3 is 0 Å². The standard InChI is InChI=1S/C13H14N2/c1-8-6-7-12-13(14-8)9(2)10-4-3-5-11(10)15-12/h6-7H,3-5H2,1-2H3. The molecule has 0 bridgehead atoms. The van der Waals surface area contributed by atoms with Crippen LogP contribution < -0.4 is 0 Å². The van der Waals surface area contributed by atoms with E-state index < -0.39 is 0 Å². The molecule has 2 nitrogen and oxygen atoms in total. The van der Waals surface area contributed by atoms with E-state index >= 15 is 0 Å². The second-order valence-electron chi connectivity index (χ2n) is 4.34. The molecule has 0 unspecified atom stereocenters. The molecule has 0 fully saturated rings. The molecule has 0 atom stereocenters. The summed E-state index contributed by atoms with van der Waals surface area (Å²) in [5.74, 6) is 0. The van der Waals surface area contributed by atoms with Crippen LogP contribution in [0.4, 0.5) is 0 Å². The maximum Gasteiger partial charge on any atom is 0.0921 e. The normalized spacial score (nSPS) is 14.5. The Balaban J connectivity index is 2.41. The lowest BCUT2D eigenvalue weighted by atomic mass is 10.1. The van der Waals surface area contributed by atoms with E-state index in [-0.39, 0.29) is 0 Å². The summed E-state index contributed by atoms with van der Waals surface area (Å²) in [6, 6.07) is 4.12. The molecule has 76 valence electrons. The Hall–Kier alpha value is -1.44. The van der Waals surface area contributed by atoms with Gasteiger partial charge in [-0.2, -0.15) is 0 Å². The van der Waals surface area contributed by atoms with Crippen LogP contribution in [0.2, 0.25) is 0 Å². The summed E-state index contributed by atoms with van der Waals surface area (Å²) < 4.78 is 0. The van der Waals surface area contributed by atoms with Crippen LogP contribution in [0, 0.1) is 13.8 Å². The Bertz CT molecular complexity index is 544. The molecule has 2 heteroatoms. The molecule has 0 spiro atoms. The minimum atomic E-state index is 1.05. The molecule has 3 rings (SSSR count). The van der Waals surface area contributed by atoms with Crippen molar-refractivity contribution in [1.82, 2.24) is 9.97 Å². The van der Waals surface area contributed by atoms with Crippen LogP contribution in [-0.4, -0.2) is 9.97 Å². The van der Waals surface area contributed by atoms with Crippen LogP contribution in [-0.2, 0) is 12.8 Å². The smallest absolute Gasteiger partial charge is 0.0921 e. The van der Waals surface area contributed by atoms with Crippen LogP contribution in [0.25, 0.3) is 11.0 Å². The number of rotatable bonds is 0. The van der Waals surface area contributed by atoms with Crippen LogP contribution >= 0.6 is 0 Å². The fourth-order valence-electron chi connectivity index (χ4n) is 2.46. The highest BCUT2D eigenvalue weighted by atomic mass is 14.8. The molecule has 2 aromatic rings. The van der Waals surface area contributed by atoms with Crippen molar-refractivity contribution in [2.45, 2.75) is 33.1 Å². The zero-order valence-corrected chi connectivity index (χ0v) is 9.17. The average molecular weight is 198 g/mol. The molecule has 0 amide bonds. The van der Waals surface area contributed by atoms with Gasteiger partial charge < -0.3 is 0 Å². The molecule has 0 saturated carbocycles. The number of nitrogens with zero attached hydrogens (tertiary/aromatic N) is 2. The first-order chi connectivity index (χ1) is 7.25. The van der Waals surface area contributed by atoms with Gasteiger partial charge in [0.1, 0.15) is 0 Å². The highest BCUT2D eigenvalue weighted by Crippen LogP contribution is 2.28. The number of pyridine rings is 2. The second-order valence-corrected chi connectivity index (χ2v) is 4.34. The van der Waals surface area contributed by atoms with Gasteiger partial charge in [-0.25, -0.2) is 0 Å². The molecule has 1 aliphatic carbocycles. The first kappa shape index (κ1) is 8.84. The van der Waals surface area contributed by atoms with E-state index in [9.17, 15) is 0 Å². The van der Waals surface area contributed by atoms with E-state index in [1.807, 2.05) is 13.0 Å². The lowest BCUT2D eigenvalue weighted by molar-refractivity contribution is 0.900. The van der Waals surface area contributed by atoms with Crippen LogP contribution in [0.5, 0.6) is 0 Å². The van der Waals surface area contributed by atoms with Crippen molar-refractivity contribution in [2.24, 2.45) is 0 Å². The average Bonchev–Trinajstić information content (AvgIpc) is 2.68. The molecule has 0 radical (unpaired) electrons. The SMILES string of the molecule is Cc1ccc2nc3c(c(C)c2n1)CCC3. The molecule has 0 aromatic carbocycles. The van der Waals surface area contributed by atoms with Crippen molar-refractivity contribution >= 4 is 11.0 Å². The van der Waals surface area contributed by atoms with Gasteiger partial charge in [0.25, 0.3) is 0 Å².